The summed E-state index contributed by atoms with van der Waals surface area (Å²) in [7, 11) is 0. The van der Waals surface area contributed by atoms with Gasteiger partial charge in [0.2, 0.25) is 0 Å². The van der Waals surface area contributed by atoms with Crippen LogP contribution in [0.25, 0.3) is 0 Å². The van der Waals surface area contributed by atoms with Gasteiger partial charge in [0.25, 0.3) is 11.8 Å². The number of hydrogen-bond donors (Lipinski definition) is 2. The first-order valence-corrected chi connectivity index (χ1v) is 7.90. The molecule has 0 aliphatic heterocycles. The van der Waals surface area contributed by atoms with Gasteiger partial charge in [-0.25, -0.2) is 0 Å². The van der Waals surface area contributed by atoms with E-state index in [9.17, 15) is 9.59 Å². The molecule has 0 radical (unpaired) electrons. The highest BCUT2D eigenvalue weighted by atomic mass is 16.5. The van der Waals surface area contributed by atoms with Gasteiger partial charge in [0, 0.05) is 23.9 Å². The monoisotopic (exact) mass is 326 g/mol. The molecule has 0 unspecified atom stereocenters. The SMILES string of the molecule is CC(C)CNC(=O)COc1cccc(NC(=O)c2ccccc2)c1. The number of carbonyl (C=O) groups is 2. The molecule has 2 amide bonds. The van der Waals surface area contributed by atoms with Crippen molar-refractivity contribution in [3.8, 4) is 5.75 Å². The van der Waals surface area contributed by atoms with Gasteiger partial charge in [0.15, 0.2) is 6.61 Å². The van der Waals surface area contributed by atoms with Gasteiger partial charge in [-0.05, 0) is 30.2 Å². The van der Waals surface area contributed by atoms with E-state index in [2.05, 4.69) is 10.6 Å². The smallest absolute Gasteiger partial charge is 0.257 e. The summed E-state index contributed by atoms with van der Waals surface area (Å²) >= 11 is 0. The molecule has 0 aromatic heterocycles. The number of anilines is 1. The molecule has 0 aliphatic carbocycles. The second-order valence-electron chi connectivity index (χ2n) is 5.83. The maximum Gasteiger partial charge on any atom is 0.257 e. The number of hydrogen-bond acceptors (Lipinski definition) is 3. The summed E-state index contributed by atoms with van der Waals surface area (Å²) < 4.78 is 5.46. The molecular formula is C19H22N2O3. The zero-order chi connectivity index (χ0) is 17.4. The van der Waals surface area contributed by atoms with E-state index in [1.165, 1.54) is 0 Å². The quantitative estimate of drug-likeness (QED) is 0.821. The highest BCUT2D eigenvalue weighted by Crippen LogP contribution is 2.18. The fourth-order valence-electron chi connectivity index (χ4n) is 1.97. The van der Waals surface area contributed by atoms with Gasteiger partial charge in [-0.1, -0.05) is 38.1 Å². The summed E-state index contributed by atoms with van der Waals surface area (Å²) in [6.45, 7) is 4.62. The zero-order valence-corrected chi connectivity index (χ0v) is 13.9. The zero-order valence-electron chi connectivity index (χ0n) is 13.9. The van der Waals surface area contributed by atoms with Crippen LogP contribution in [0.3, 0.4) is 0 Å². The van der Waals surface area contributed by atoms with Crippen LogP contribution in [0.5, 0.6) is 5.75 Å². The molecule has 2 rings (SSSR count). The molecule has 0 heterocycles. The molecule has 0 aliphatic rings. The largest absolute Gasteiger partial charge is 0.484 e. The first-order chi connectivity index (χ1) is 11.5. The molecule has 2 aromatic rings. The number of ether oxygens (including phenoxy) is 1. The summed E-state index contributed by atoms with van der Waals surface area (Å²) in [6, 6.07) is 15.9. The maximum atomic E-state index is 12.1. The van der Waals surface area contributed by atoms with Crippen molar-refractivity contribution in [2.24, 2.45) is 5.92 Å². The molecular weight excluding hydrogens is 304 g/mol. The van der Waals surface area contributed by atoms with E-state index in [1.54, 1.807) is 36.4 Å². The Hall–Kier alpha value is -2.82. The molecule has 2 aromatic carbocycles. The number of rotatable bonds is 7. The Morgan fingerprint density at radius 2 is 1.79 bits per heavy atom. The van der Waals surface area contributed by atoms with Crippen LogP contribution in [0.15, 0.2) is 54.6 Å². The van der Waals surface area contributed by atoms with Crippen molar-refractivity contribution in [1.82, 2.24) is 5.32 Å². The summed E-state index contributed by atoms with van der Waals surface area (Å²) in [5, 5.41) is 5.59. The van der Waals surface area contributed by atoms with Gasteiger partial charge in [0.05, 0.1) is 0 Å². The van der Waals surface area contributed by atoms with Crippen LogP contribution in [0.1, 0.15) is 24.2 Å². The first kappa shape index (κ1) is 17.5. The Kier molecular flexibility index (Phi) is 6.37. The van der Waals surface area contributed by atoms with Gasteiger partial charge in [0.1, 0.15) is 5.75 Å². The summed E-state index contributed by atoms with van der Waals surface area (Å²) in [6.07, 6.45) is 0. The van der Waals surface area contributed by atoms with Crippen LogP contribution in [-0.2, 0) is 4.79 Å². The van der Waals surface area contributed by atoms with Crippen molar-refractivity contribution < 1.29 is 14.3 Å². The third kappa shape index (κ3) is 5.76. The van der Waals surface area contributed by atoms with Crippen LogP contribution in [0.4, 0.5) is 5.69 Å². The van der Waals surface area contributed by atoms with Crippen LogP contribution in [0, 0.1) is 5.92 Å². The topological polar surface area (TPSA) is 67.4 Å². The highest BCUT2D eigenvalue weighted by Gasteiger charge is 2.07. The van der Waals surface area contributed by atoms with Crippen LogP contribution >= 0.6 is 0 Å². The molecule has 0 atom stereocenters. The normalized spacial score (nSPS) is 10.3. The Bertz CT molecular complexity index is 684. The average Bonchev–Trinajstić information content (AvgIpc) is 2.59. The molecule has 5 nitrogen and oxygen atoms in total. The highest BCUT2D eigenvalue weighted by molar-refractivity contribution is 6.04. The van der Waals surface area contributed by atoms with E-state index >= 15 is 0 Å². The number of carbonyl (C=O) groups excluding carboxylic acids is 2. The predicted octanol–water partition coefficient (Wildman–Crippen LogP) is 3.09. The first-order valence-electron chi connectivity index (χ1n) is 7.90. The van der Waals surface area contributed by atoms with E-state index in [1.807, 2.05) is 32.0 Å². The number of amides is 2. The molecule has 24 heavy (non-hydrogen) atoms. The van der Waals surface area contributed by atoms with Crippen LogP contribution in [-0.4, -0.2) is 25.0 Å². The van der Waals surface area contributed by atoms with Crippen molar-refractivity contribution >= 4 is 17.5 Å². The molecule has 0 spiro atoms. The third-order valence-electron chi connectivity index (χ3n) is 3.21. The van der Waals surface area contributed by atoms with Gasteiger partial charge in [-0.15, -0.1) is 0 Å². The van der Waals surface area contributed by atoms with E-state index < -0.39 is 0 Å². The standard InChI is InChI=1S/C19H22N2O3/c1-14(2)12-20-18(22)13-24-17-10-6-9-16(11-17)21-19(23)15-7-4-3-5-8-15/h3-11,14H,12-13H2,1-2H3,(H,20,22)(H,21,23). The van der Waals surface area contributed by atoms with Crippen molar-refractivity contribution in [3.05, 3.63) is 60.2 Å². The number of benzene rings is 2. The van der Waals surface area contributed by atoms with Crippen molar-refractivity contribution in [2.45, 2.75) is 13.8 Å². The van der Waals surface area contributed by atoms with Crippen molar-refractivity contribution in [3.63, 3.8) is 0 Å². The summed E-state index contributed by atoms with van der Waals surface area (Å²) in [5.74, 6) is 0.566. The molecule has 126 valence electrons. The van der Waals surface area contributed by atoms with E-state index in [0.29, 0.717) is 29.5 Å². The molecule has 0 bridgehead atoms. The molecule has 0 saturated heterocycles. The van der Waals surface area contributed by atoms with E-state index in [-0.39, 0.29) is 18.4 Å². The minimum atomic E-state index is -0.192. The Morgan fingerprint density at radius 1 is 1.04 bits per heavy atom. The molecule has 0 saturated carbocycles. The van der Waals surface area contributed by atoms with E-state index in [4.69, 9.17) is 4.74 Å². The summed E-state index contributed by atoms with van der Waals surface area (Å²) in [4.78, 5) is 23.8. The maximum absolute atomic E-state index is 12.1. The van der Waals surface area contributed by atoms with Gasteiger partial charge >= 0.3 is 0 Å². The van der Waals surface area contributed by atoms with Crippen molar-refractivity contribution in [2.75, 3.05) is 18.5 Å². The lowest BCUT2D eigenvalue weighted by Gasteiger charge is -2.10. The van der Waals surface area contributed by atoms with Crippen LogP contribution < -0.4 is 15.4 Å². The van der Waals surface area contributed by atoms with Gasteiger partial charge < -0.3 is 15.4 Å². The third-order valence-corrected chi connectivity index (χ3v) is 3.21. The van der Waals surface area contributed by atoms with Crippen molar-refractivity contribution in [1.29, 1.82) is 0 Å². The fourth-order valence-corrected chi connectivity index (χ4v) is 1.97. The molecule has 2 N–H and O–H groups in total. The molecule has 0 fully saturated rings. The van der Waals surface area contributed by atoms with Gasteiger partial charge in [-0.2, -0.15) is 0 Å². The minimum absolute atomic E-state index is 0.0528. The second-order valence-corrected chi connectivity index (χ2v) is 5.83. The Balaban J connectivity index is 1.89. The van der Waals surface area contributed by atoms with Gasteiger partial charge in [-0.3, -0.25) is 9.59 Å². The number of nitrogens with one attached hydrogen (secondary N) is 2. The average molecular weight is 326 g/mol. The predicted molar refractivity (Wildman–Crippen MR) is 94.2 cm³/mol. The lowest BCUT2D eigenvalue weighted by Crippen LogP contribution is -2.31. The fraction of sp³-hybridized carbons (Fsp3) is 0.263. The Morgan fingerprint density at radius 3 is 2.50 bits per heavy atom. The lowest BCUT2D eigenvalue weighted by atomic mass is 10.2. The lowest BCUT2D eigenvalue weighted by molar-refractivity contribution is -0.123. The second kappa shape index (κ2) is 8.72. The minimum Gasteiger partial charge on any atom is -0.484 e. The van der Waals surface area contributed by atoms with Crippen LogP contribution in [0.2, 0.25) is 0 Å². The summed E-state index contributed by atoms with van der Waals surface area (Å²) in [5.41, 5.74) is 1.20. The Labute approximate surface area is 142 Å². The van der Waals surface area contributed by atoms with E-state index in [0.717, 1.165) is 0 Å². The molecule has 5 heteroatoms.